The van der Waals surface area contributed by atoms with Crippen LogP contribution < -0.4 is 10.6 Å². The standard InChI is InChI=1S/C28H18Cl3N3O3S/c1-15-2-9-25-23(12-15)32-27(37-25)16-3-8-20(30)22(13-16)33-28(38)34-26(35)11-6-18-5-10-24(36-18)19-7-4-17(29)14-21(19)31/h2-14H,1H3,(H2,33,34,35,38)/b11-6+. The van der Waals surface area contributed by atoms with Crippen LogP contribution in [0.25, 0.3) is 40.0 Å². The molecule has 38 heavy (non-hydrogen) atoms. The molecule has 6 nitrogen and oxygen atoms in total. The number of hydrogen-bond donors (Lipinski definition) is 2. The maximum Gasteiger partial charge on any atom is 0.250 e. The van der Waals surface area contributed by atoms with Crippen LogP contribution in [-0.2, 0) is 4.79 Å². The highest BCUT2D eigenvalue weighted by atomic mass is 35.5. The second kappa shape index (κ2) is 11.0. The summed E-state index contributed by atoms with van der Waals surface area (Å²) in [6, 6.07) is 19.6. The summed E-state index contributed by atoms with van der Waals surface area (Å²) in [7, 11) is 0. The van der Waals surface area contributed by atoms with E-state index in [1.807, 2.05) is 25.1 Å². The van der Waals surface area contributed by atoms with Crippen molar-refractivity contribution in [3.05, 3.63) is 99.2 Å². The number of oxazole rings is 1. The zero-order valence-electron chi connectivity index (χ0n) is 19.7. The fraction of sp³-hybridized carbons (Fsp3) is 0.0357. The van der Waals surface area contributed by atoms with Crippen LogP contribution in [0.3, 0.4) is 0 Å². The summed E-state index contributed by atoms with van der Waals surface area (Å²) in [6.07, 6.45) is 2.83. The highest BCUT2D eigenvalue weighted by Crippen LogP contribution is 2.32. The summed E-state index contributed by atoms with van der Waals surface area (Å²) in [6.45, 7) is 1.99. The van der Waals surface area contributed by atoms with Gasteiger partial charge in [-0.25, -0.2) is 4.98 Å². The van der Waals surface area contributed by atoms with Crippen LogP contribution >= 0.6 is 47.0 Å². The van der Waals surface area contributed by atoms with Crippen LogP contribution in [0.2, 0.25) is 15.1 Å². The second-order valence-corrected chi connectivity index (χ2v) is 9.95. The summed E-state index contributed by atoms with van der Waals surface area (Å²) >= 11 is 23.8. The van der Waals surface area contributed by atoms with E-state index in [2.05, 4.69) is 15.6 Å². The van der Waals surface area contributed by atoms with Gasteiger partial charge in [0.25, 0.3) is 0 Å². The first-order valence-corrected chi connectivity index (χ1v) is 12.8. The van der Waals surface area contributed by atoms with Crippen LogP contribution in [0.1, 0.15) is 11.3 Å². The normalized spacial score (nSPS) is 11.3. The van der Waals surface area contributed by atoms with Gasteiger partial charge in [0.05, 0.1) is 15.7 Å². The lowest BCUT2D eigenvalue weighted by Gasteiger charge is -2.10. The Labute approximate surface area is 238 Å². The number of carbonyl (C=O) groups is 1. The molecule has 0 saturated carbocycles. The van der Waals surface area contributed by atoms with Gasteiger partial charge in [-0.3, -0.25) is 10.1 Å². The molecule has 0 unspecified atom stereocenters. The van der Waals surface area contributed by atoms with Gasteiger partial charge in [0.15, 0.2) is 10.7 Å². The molecule has 0 bridgehead atoms. The van der Waals surface area contributed by atoms with Crippen LogP contribution in [0, 0.1) is 6.92 Å². The first-order valence-electron chi connectivity index (χ1n) is 11.3. The van der Waals surface area contributed by atoms with Crippen LogP contribution in [-0.4, -0.2) is 16.0 Å². The Kier molecular flexibility index (Phi) is 7.53. The molecule has 1 amide bonds. The van der Waals surface area contributed by atoms with Gasteiger partial charge in [0.2, 0.25) is 11.8 Å². The van der Waals surface area contributed by atoms with Crippen LogP contribution in [0.4, 0.5) is 5.69 Å². The predicted molar refractivity (Wildman–Crippen MR) is 157 cm³/mol. The van der Waals surface area contributed by atoms with E-state index >= 15 is 0 Å². The molecule has 5 aromatic rings. The molecule has 2 N–H and O–H groups in total. The lowest BCUT2D eigenvalue weighted by atomic mass is 10.2. The van der Waals surface area contributed by atoms with E-state index in [1.54, 1.807) is 48.5 Å². The number of anilines is 1. The molecule has 0 atom stereocenters. The molecule has 0 fully saturated rings. The molecule has 3 aromatic carbocycles. The van der Waals surface area contributed by atoms with Gasteiger partial charge in [0, 0.05) is 22.2 Å². The third kappa shape index (κ3) is 5.92. The van der Waals surface area contributed by atoms with E-state index in [0.29, 0.717) is 54.9 Å². The third-order valence-corrected chi connectivity index (χ3v) is 6.55. The Morgan fingerprint density at radius 2 is 1.79 bits per heavy atom. The number of halogens is 3. The molecule has 5 rings (SSSR count). The first-order chi connectivity index (χ1) is 18.2. The van der Waals surface area contributed by atoms with Gasteiger partial charge in [0.1, 0.15) is 17.0 Å². The van der Waals surface area contributed by atoms with Crippen LogP contribution in [0.15, 0.2) is 81.6 Å². The van der Waals surface area contributed by atoms with E-state index in [0.717, 1.165) is 11.1 Å². The smallest absolute Gasteiger partial charge is 0.250 e. The van der Waals surface area contributed by atoms with Crippen molar-refractivity contribution in [1.29, 1.82) is 0 Å². The summed E-state index contributed by atoms with van der Waals surface area (Å²) in [5.74, 6) is 1.00. The molecule has 2 heterocycles. The molecule has 0 saturated heterocycles. The minimum absolute atomic E-state index is 0.0694. The Bertz CT molecular complexity index is 1730. The lowest BCUT2D eigenvalue weighted by molar-refractivity contribution is -0.115. The number of aromatic nitrogens is 1. The van der Waals surface area contributed by atoms with Crippen molar-refractivity contribution in [2.75, 3.05) is 5.32 Å². The number of nitrogens with zero attached hydrogens (tertiary/aromatic N) is 1. The van der Waals surface area contributed by atoms with E-state index in [1.165, 1.54) is 12.2 Å². The number of aryl methyl sites for hydroxylation is 1. The fourth-order valence-corrected chi connectivity index (χ4v) is 4.53. The average Bonchev–Trinajstić information content (AvgIpc) is 3.51. The number of furan rings is 1. The van der Waals surface area contributed by atoms with Crippen LogP contribution in [0.5, 0.6) is 0 Å². The van der Waals surface area contributed by atoms with Gasteiger partial charge in [-0.1, -0.05) is 40.9 Å². The molecule has 0 radical (unpaired) electrons. The number of benzene rings is 3. The molecule has 2 aromatic heterocycles. The zero-order valence-corrected chi connectivity index (χ0v) is 22.8. The topological polar surface area (TPSA) is 80.3 Å². The van der Waals surface area contributed by atoms with Crippen molar-refractivity contribution < 1.29 is 13.6 Å². The van der Waals surface area contributed by atoms with E-state index in [-0.39, 0.29) is 5.11 Å². The molecule has 10 heteroatoms. The van der Waals surface area contributed by atoms with Crippen molar-refractivity contribution in [1.82, 2.24) is 10.3 Å². The van der Waals surface area contributed by atoms with Gasteiger partial charge in [-0.2, -0.15) is 0 Å². The largest absolute Gasteiger partial charge is 0.457 e. The van der Waals surface area contributed by atoms with Crippen molar-refractivity contribution in [3.8, 4) is 22.8 Å². The quantitative estimate of drug-likeness (QED) is 0.160. The van der Waals surface area contributed by atoms with Crippen molar-refractivity contribution in [2.45, 2.75) is 6.92 Å². The van der Waals surface area contributed by atoms with Crippen molar-refractivity contribution in [2.24, 2.45) is 0 Å². The number of rotatable bonds is 5. The third-order valence-electron chi connectivity index (χ3n) is 5.46. The molecule has 0 spiro atoms. The highest BCUT2D eigenvalue weighted by molar-refractivity contribution is 7.80. The minimum atomic E-state index is -0.452. The highest BCUT2D eigenvalue weighted by Gasteiger charge is 2.13. The van der Waals surface area contributed by atoms with Crippen molar-refractivity contribution in [3.63, 3.8) is 0 Å². The van der Waals surface area contributed by atoms with Crippen molar-refractivity contribution >= 4 is 80.9 Å². The zero-order chi connectivity index (χ0) is 26.8. The molecule has 0 aliphatic heterocycles. The maximum atomic E-state index is 12.4. The summed E-state index contributed by atoms with van der Waals surface area (Å²) in [5, 5.41) is 7.01. The Morgan fingerprint density at radius 1 is 0.947 bits per heavy atom. The summed E-state index contributed by atoms with van der Waals surface area (Å²) in [4.78, 5) is 17.0. The average molecular weight is 583 g/mol. The lowest BCUT2D eigenvalue weighted by Crippen LogP contribution is -2.32. The second-order valence-electron chi connectivity index (χ2n) is 8.29. The monoisotopic (exact) mass is 581 g/mol. The van der Waals surface area contributed by atoms with Gasteiger partial charge < -0.3 is 14.2 Å². The van der Waals surface area contributed by atoms with E-state index in [4.69, 9.17) is 55.9 Å². The summed E-state index contributed by atoms with van der Waals surface area (Å²) < 4.78 is 11.6. The number of nitrogens with one attached hydrogen (secondary N) is 2. The van der Waals surface area contributed by atoms with E-state index < -0.39 is 5.91 Å². The Morgan fingerprint density at radius 3 is 2.61 bits per heavy atom. The number of thiocarbonyl (C=S) groups is 1. The molecule has 0 aliphatic carbocycles. The first kappa shape index (κ1) is 26.0. The molecule has 0 aliphatic rings. The Balaban J connectivity index is 1.24. The molecular formula is C28H18Cl3N3O3S. The number of fused-ring (bicyclic) bond motifs is 1. The summed E-state index contributed by atoms with van der Waals surface area (Å²) in [5.41, 5.74) is 4.42. The SMILES string of the molecule is Cc1ccc2oc(-c3ccc(Cl)c(NC(=S)NC(=O)/C=C/c4ccc(-c5ccc(Cl)cc5Cl)o4)c3)nc2c1. The van der Waals surface area contributed by atoms with Gasteiger partial charge >= 0.3 is 0 Å². The van der Waals surface area contributed by atoms with E-state index in [9.17, 15) is 4.79 Å². The number of hydrogen-bond acceptors (Lipinski definition) is 5. The van der Waals surface area contributed by atoms with Gasteiger partial charge in [-0.05, 0) is 91.4 Å². The maximum absolute atomic E-state index is 12.4. The molecular weight excluding hydrogens is 565 g/mol. The molecule has 190 valence electrons. The number of carbonyl (C=O) groups excluding carboxylic acids is 1. The van der Waals surface area contributed by atoms with Gasteiger partial charge in [-0.15, -0.1) is 0 Å². The fourth-order valence-electron chi connectivity index (χ4n) is 3.66. The number of amides is 1. The predicted octanol–water partition coefficient (Wildman–Crippen LogP) is 8.55. The minimum Gasteiger partial charge on any atom is -0.457 e. The Hall–Kier alpha value is -3.62.